The molecule has 0 aromatic heterocycles. The topological polar surface area (TPSA) is 58.4 Å². The Morgan fingerprint density at radius 2 is 2.19 bits per heavy atom. The number of nitrogens with two attached hydrogens (primary N) is 1. The molecule has 0 saturated heterocycles. The van der Waals surface area contributed by atoms with Crippen molar-refractivity contribution >= 4 is 29.0 Å². The first-order valence-electron chi connectivity index (χ1n) is 7.33. The lowest BCUT2D eigenvalue weighted by Crippen LogP contribution is -2.35. The molecule has 0 heterocycles. The van der Waals surface area contributed by atoms with Gasteiger partial charge in [0.25, 0.3) is 0 Å². The van der Waals surface area contributed by atoms with Gasteiger partial charge >= 0.3 is 0 Å². The number of hydrogen-bond donors (Lipinski definition) is 2. The van der Waals surface area contributed by atoms with Crippen molar-refractivity contribution in [1.82, 2.24) is 4.90 Å². The van der Waals surface area contributed by atoms with Gasteiger partial charge in [0.05, 0.1) is 0 Å². The minimum absolute atomic E-state index is 0.0366. The molecule has 0 aliphatic rings. The first-order chi connectivity index (χ1) is 9.97. The van der Waals surface area contributed by atoms with Gasteiger partial charge < -0.3 is 16.0 Å². The molecule has 0 fully saturated rings. The van der Waals surface area contributed by atoms with Gasteiger partial charge in [0, 0.05) is 36.1 Å². The summed E-state index contributed by atoms with van der Waals surface area (Å²) in [6.45, 7) is 4.92. The summed E-state index contributed by atoms with van der Waals surface area (Å²) in [6, 6.07) is 6.09. The van der Waals surface area contributed by atoms with Gasteiger partial charge in [-0.15, -0.1) is 0 Å². The molecule has 0 aliphatic carbocycles. The third-order valence-electron chi connectivity index (χ3n) is 3.68. The van der Waals surface area contributed by atoms with E-state index in [-0.39, 0.29) is 5.91 Å². The second-order valence-electron chi connectivity index (χ2n) is 5.37. The molecule has 1 aromatic carbocycles. The van der Waals surface area contributed by atoms with Crippen LogP contribution in [0.15, 0.2) is 18.2 Å². The van der Waals surface area contributed by atoms with Gasteiger partial charge in [-0.2, -0.15) is 11.8 Å². The zero-order chi connectivity index (χ0) is 15.8. The van der Waals surface area contributed by atoms with Crippen molar-refractivity contribution in [3.05, 3.63) is 23.8 Å². The van der Waals surface area contributed by atoms with Crippen LogP contribution in [0.3, 0.4) is 0 Å². The summed E-state index contributed by atoms with van der Waals surface area (Å²) in [4.78, 5) is 14.3. The van der Waals surface area contributed by atoms with Crippen molar-refractivity contribution in [2.45, 2.75) is 32.7 Å². The van der Waals surface area contributed by atoms with E-state index in [9.17, 15) is 4.79 Å². The van der Waals surface area contributed by atoms with Crippen LogP contribution in [0.25, 0.3) is 0 Å². The Hall–Kier alpha value is -1.20. The number of carbonyl (C=O) groups is 1. The molecule has 118 valence electrons. The van der Waals surface area contributed by atoms with Crippen molar-refractivity contribution in [3.8, 4) is 0 Å². The lowest BCUT2D eigenvalue weighted by molar-refractivity contribution is -0.116. The number of anilines is 2. The van der Waals surface area contributed by atoms with Crippen LogP contribution < -0.4 is 11.1 Å². The first-order valence-corrected chi connectivity index (χ1v) is 8.72. The van der Waals surface area contributed by atoms with Gasteiger partial charge in [-0.1, -0.05) is 13.0 Å². The Morgan fingerprint density at radius 1 is 1.48 bits per heavy atom. The normalized spacial score (nSPS) is 12.4. The number of nitrogens with one attached hydrogen (secondary N) is 1. The number of hydrogen-bond acceptors (Lipinski definition) is 4. The molecule has 0 spiro atoms. The van der Waals surface area contributed by atoms with Gasteiger partial charge in [0.2, 0.25) is 5.91 Å². The van der Waals surface area contributed by atoms with Crippen molar-refractivity contribution in [2.75, 3.05) is 36.7 Å². The first kappa shape index (κ1) is 17.9. The van der Waals surface area contributed by atoms with Crippen molar-refractivity contribution in [1.29, 1.82) is 0 Å². The molecule has 1 unspecified atom stereocenters. The summed E-state index contributed by atoms with van der Waals surface area (Å²) in [5, 5.41) is 2.94. The lowest BCUT2D eigenvalue weighted by atomic mass is 10.1. The Kier molecular flexibility index (Phi) is 7.61. The minimum atomic E-state index is 0.0366. The number of thioether (sulfide) groups is 1. The van der Waals surface area contributed by atoms with Crippen molar-refractivity contribution in [2.24, 2.45) is 0 Å². The van der Waals surface area contributed by atoms with Crippen LogP contribution in [0.4, 0.5) is 11.4 Å². The highest BCUT2D eigenvalue weighted by atomic mass is 32.2. The maximum Gasteiger partial charge on any atom is 0.225 e. The third-order valence-corrected chi connectivity index (χ3v) is 4.40. The lowest BCUT2D eigenvalue weighted by Gasteiger charge is -2.26. The van der Waals surface area contributed by atoms with E-state index in [0.29, 0.717) is 18.2 Å². The summed E-state index contributed by atoms with van der Waals surface area (Å²) in [7, 11) is 2.09. The Labute approximate surface area is 132 Å². The molecule has 0 bridgehead atoms. The molecular formula is C16H27N3OS. The number of nitrogen functional groups attached to an aromatic ring is 1. The van der Waals surface area contributed by atoms with Gasteiger partial charge in [0.1, 0.15) is 0 Å². The van der Waals surface area contributed by atoms with Gasteiger partial charge in [-0.25, -0.2) is 0 Å². The monoisotopic (exact) mass is 309 g/mol. The predicted molar refractivity (Wildman–Crippen MR) is 93.9 cm³/mol. The molecule has 3 N–H and O–H groups in total. The highest BCUT2D eigenvalue weighted by Crippen LogP contribution is 2.18. The van der Waals surface area contributed by atoms with Gasteiger partial charge in [-0.3, -0.25) is 4.79 Å². The molecule has 0 aliphatic heterocycles. The minimum Gasteiger partial charge on any atom is -0.399 e. The van der Waals surface area contributed by atoms with Crippen LogP contribution in [0.1, 0.15) is 25.3 Å². The highest BCUT2D eigenvalue weighted by molar-refractivity contribution is 7.98. The molecular weight excluding hydrogens is 282 g/mol. The molecule has 1 rings (SSSR count). The standard InChI is InChI=1S/C16H27N3OS/c1-5-14(11-21-4)19(3)9-8-16(20)18-15-10-13(17)7-6-12(15)2/h6-7,10,14H,5,8-9,11,17H2,1-4H3,(H,18,20). The van der Waals surface area contributed by atoms with Gasteiger partial charge in [0.15, 0.2) is 0 Å². The molecule has 1 amide bonds. The van der Waals surface area contributed by atoms with Crippen LogP contribution in [0, 0.1) is 6.92 Å². The van der Waals surface area contributed by atoms with E-state index in [1.54, 1.807) is 6.07 Å². The quantitative estimate of drug-likeness (QED) is 0.725. The summed E-state index contributed by atoms with van der Waals surface area (Å²) in [5.41, 5.74) is 8.25. The van der Waals surface area contributed by atoms with Crippen LogP contribution in [0.5, 0.6) is 0 Å². The number of amides is 1. The van der Waals surface area contributed by atoms with E-state index < -0.39 is 0 Å². The van der Waals surface area contributed by atoms with Gasteiger partial charge in [-0.05, 0) is 44.3 Å². The van der Waals surface area contributed by atoms with E-state index in [0.717, 1.165) is 30.0 Å². The molecule has 1 atom stereocenters. The average molecular weight is 309 g/mol. The summed E-state index contributed by atoms with van der Waals surface area (Å²) in [5.74, 6) is 1.14. The average Bonchev–Trinajstić information content (AvgIpc) is 2.46. The molecule has 21 heavy (non-hydrogen) atoms. The zero-order valence-electron chi connectivity index (χ0n) is 13.5. The Balaban J connectivity index is 2.48. The second kappa shape index (κ2) is 8.95. The maximum absolute atomic E-state index is 12.1. The summed E-state index contributed by atoms with van der Waals surface area (Å²) in [6.07, 6.45) is 3.72. The highest BCUT2D eigenvalue weighted by Gasteiger charge is 2.13. The molecule has 4 nitrogen and oxygen atoms in total. The van der Waals surface area contributed by atoms with Crippen molar-refractivity contribution in [3.63, 3.8) is 0 Å². The molecule has 1 aromatic rings. The van der Waals surface area contributed by atoms with Crippen LogP contribution in [-0.2, 0) is 4.79 Å². The smallest absolute Gasteiger partial charge is 0.225 e. The molecule has 5 heteroatoms. The van der Waals surface area contributed by atoms with Crippen LogP contribution in [0.2, 0.25) is 0 Å². The fourth-order valence-electron chi connectivity index (χ4n) is 2.20. The zero-order valence-corrected chi connectivity index (χ0v) is 14.3. The fraction of sp³-hybridized carbons (Fsp3) is 0.562. The molecule has 0 saturated carbocycles. The number of aryl methyl sites for hydroxylation is 1. The fourth-order valence-corrected chi connectivity index (χ4v) is 3.07. The molecule has 0 radical (unpaired) electrons. The van der Waals surface area contributed by atoms with E-state index in [1.165, 1.54) is 0 Å². The number of rotatable bonds is 8. The van der Waals surface area contributed by atoms with Crippen LogP contribution >= 0.6 is 11.8 Å². The van der Waals surface area contributed by atoms with E-state index in [2.05, 4.69) is 30.4 Å². The van der Waals surface area contributed by atoms with E-state index >= 15 is 0 Å². The predicted octanol–water partition coefficient (Wildman–Crippen LogP) is 2.98. The summed E-state index contributed by atoms with van der Waals surface area (Å²) < 4.78 is 0. The van der Waals surface area contributed by atoms with E-state index in [1.807, 2.05) is 30.8 Å². The maximum atomic E-state index is 12.1. The largest absolute Gasteiger partial charge is 0.399 e. The van der Waals surface area contributed by atoms with Crippen molar-refractivity contribution < 1.29 is 4.79 Å². The number of nitrogens with zero attached hydrogens (tertiary/aromatic N) is 1. The number of benzene rings is 1. The second-order valence-corrected chi connectivity index (χ2v) is 6.28. The Bertz CT molecular complexity index is 465. The Morgan fingerprint density at radius 3 is 2.81 bits per heavy atom. The van der Waals surface area contributed by atoms with E-state index in [4.69, 9.17) is 5.73 Å². The number of carbonyl (C=O) groups excluding carboxylic acids is 1. The third kappa shape index (κ3) is 5.98. The van der Waals surface area contributed by atoms with Crippen LogP contribution in [-0.4, -0.2) is 42.4 Å². The summed E-state index contributed by atoms with van der Waals surface area (Å²) >= 11 is 1.85. The SMILES string of the molecule is CCC(CSC)N(C)CCC(=O)Nc1cc(N)ccc1C.